The predicted octanol–water partition coefficient (Wildman–Crippen LogP) is 17.9. The van der Waals surface area contributed by atoms with Crippen molar-refractivity contribution in [3.8, 4) is 33.4 Å². The molecule has 2 saturated heterocycles. The Morgan fingerprint density at radius 2 is 0.663 bits per heavy atom. The first-order valence-corrected chi connectivity index (χ1v) is 33.5. The largest absolute Gasteiger partial charge is 0.365 e. The van der Waals surface area contributed by atoms with Crippen LogP contribution in [0.5, 0.6) is 0 Å². The van der Waals surface area contributed by atoms with Crippen LogP contribution in [0.25, 0.3) is 33.4 Å². The zero-order valence-corrected chi connectivity index (χ0v) is 52.3. The summed E-state index contributed by atoms with van der Waals surface area (Å²) in [6.07, 6.45) is 6.60. The summed E-state index contributed by atoms with van der Waals surface area (Å²) in [5.74, 6) is 1.69. The Kier molecular flexibility index (Phi) is 12.0. The van der Waals surface area contributed by atoms with Crippen LogP contribution >= 0.6 is 0 Å². The molecule has 5 nitrogen and oxygen atoms in total. The van der Waals surface area contributed by atoms with E-state index in [4.69, 9.17) is 0 Å². The number of hydrogen-bond donors (Lipinski definition) is 0. The van der Waals surface area contributed by atoms with E-state index in [2.05, 4.69) is 324 Å². The lowest BCUT2D eigenvalue weighted by atomic mass is 9.30. The highest BCUT2D eigenvalue weighted by Gasteiger charge is 2.51. The van der Waals surface area contributed by atoms with Crippen LogP contribution in [0.3, 0.4) is 0 Å². The highest BCUT2D eigenvalue weighted by Crippen LogP contribution is 2.56. The summed E-state index contributed by atoms with van der Waals surface area (Å²) >= 11 is 0. The molecule has 8 aliphatic rings. The van der Waals surface area contributed by atoms with Crippen molar-refractivity contribution in [2.75, 3.05) is 24.5 Å². The first-order chi connectivity index (χ1) is 45.3. The number of hydrogen-bond acceptors (Lipinski definition) is 5. The Labute approximate surface area is 541 Å². The maximum absolute atomic E-state index is 2.92. The van der Waals surface area contributed by atoms with E-state index in [1.54, 1.807) is 0 Å². The van der Waals surface area contributed by atoms with Crippen molar-refractivity contribution in [1.82, 2.24) is 0 Å². The molecule has 7 heteroatoms. The van der Waals surface area contributed by atoms with Crippen molar-refractivity contribution in [3.05, 3.63) is 285 Å². The molecule has 12 aromatic rings. The van der Waals surface area contributed by atoms with E-state index in [1.165, 1.54) is 161 Å². The summed E-state index contributed by atoms with van der Waals surface area (Å²) in [5, 5.41) is 0. The van der Waals surface area contributed by atoms with Gasteiger partial charge in [0.25, 0.3) is 13.4 Å². The fourth-order valence-corrected chi connectivity index (χ4v) is 18.1. The molecule has 4 bridgehead atoms. The van der Waals surface area contributed by atoms with Crippen LogP contribution in [0.4, 0.5) is 73.9 Å². The molecule has 0 amide bonds. The second-order valence-corrected chi connectivity index (χ2v) is 28.0. The Morgan fingerprint density at radius 1 is 0.293 bits per heavy atom. The lowest BCUT2D eigenvalue weighted by Crippen LogP contribution is -2.65. The van der Waals surface area contributed by atoms with Crippen LogP contribution in [0, 0.1) is 11.8 Å². The van der Waals surface area contributed by atoms with E-state index in [0.29, 0.717) is 12.1 Å². The number of nitrogens with zero attached hydrogens (tertiary/aromatic N) is 5. The molecule has 12 aromatic carbocycles. The summed E-state index contributed by atoms with van der Waals surface area (Å²) in [6.45, 7) is 6.95. The van der Waals surface area contributed by atoms with Crippen LogP contribution in [0.15, 0.2) is 279 Å². The molecule has 2 saturated carbocycles. The van der Waals surface area contributed by atoms with Gasteiger partial charge in [-0.1, -0.05) is 209 Å². The number of para-hydroxylation sites is 5. The number of fused-ring (bicyclic) bond motifs is 8. The van der Waals surface area contributed by atoms with Crippen molar-refractivity contribution in [3.63, 3.8) is 0 Å². The topological polar surface area (TPSA) is 16.2 Å². The lowest BCUT2D eigenvalue weighted by Gasteiger charge is -2.58. The fraction of sp³-hybridized carbons (Fsp3) is 0.153. The number of rotatable bonds is 8. The highest BCUT2D eigenvalue weighted by molar-refractivity contribution is 7.03. The zero-order chi connectivity index (χ0) is 60.9. The second kappa shape index (κ2) is 20.6. The molecule has 2 aliphatic carbocycles. The lowest BCUT2D eigenvalue weighted by molar-refractivity contribution is 0.0900. The van der Waals surface area contributed by atoms with Crippen LogP contribution in [-0.2, 0) is 5.41 Å². The van der Waals surface area contributed by atoms with Crippen molar-refractivity contribution in [2.45, 2.75) is 70.4 Å². The maximum Gasteiger partial charge on any atom is 0.252 e. The monoisotopic (exact) mass is 1180 g/mol. The molecule has 0 atom stereocenters. The Bertz CT molecular complexity index is 4810. The van der Waals surface area contributed by atoms with Crippen LogP contribution in [0.1, 0.15) is 58.4 Å². The Morgan fingerprint density at radius 3 is 1.11 bits per heavy atom. The zero-order valence-electron chi connectivity index (χ0n) is 52.3. The quantitative estimate of drug-likeness (QED) is 0.141. The molecule has 4 fully saturated rings. The molecule has 0 radical (unpaired) electrons. The second-order valence-electron chi connectivity index (χ2n) is 28.0. The molecule has 92 heavy (non-hydrogen) atoms. The summed E-state index contributed by atoms with van der Waals surface area (Å²) in [5.41, 5.74) is 31.9. The third-order valence-electron chi connectivity index (χ3n) is 21.7. The first-order valence-electron chi connectivity index (χ1n) is 33.5. The normalized spacial score (nSPS) is 18.4. The van der Waals surface area contributed by atoms with E-state index in [9.17, 15) is 0 Å². The van der Waals surface area contributed by atoms with Crippen molar-refractivity contribution >= 4 is 120 Å². The first kappa shape index (κ1) is 53.6. The van der Waals surface area contributed by atoms with Gasteiger partial charge in [0.2, 0.25) is 0 Å². The minimum atomic E-state index is -0.220. The van der Waals surface area contributed by atoms with Crippen LogP contribution in [-0.4, -0.2) is 25.5 Å². The molecule has 0 N–H and O–H groups in total. The van der Waals surface area contributed by atoms with E-state index < -0.39 is 0 Å². The van der Waals surface area contributed by atoms with E-state index in [1.807, 2.05) is 0 Å². The van der Waals surface area contributed by atoms with E-state index >= 15 is 0 Å². The summed E-state index contributed by atoms with van der Waals surface area (Å²) < 4.78 is 0. The Hall–Kier alpha value is -10.2. The van der Waals surface area contributed by atoms with Gasteiger partial charge in [0.15, 0.2) is 0 Å². The van der Waals surface area contributed by atoms with Gasteiger partial charge in [-0.05, 0) is 201 Å². The van der Waals surface area contributed by atoms with Crippen LogP contribution < -0.4 is 57.3 Å². The van der Waals surface area contributed by atoms with E-state index in [0.717, 1.165) is 28.9 Å². The molecule has 0 unspecified atom stereocenters. The van der Waals surface area contributed by atoms with Crippen molar-refractivity contribution < 1.29 is 0 Å². The molecule has 6 aliphatic heterocycles. The average Bonchev–Trinajstić information content (AvgIpc) is 0.691. The van der Waals surface area contributed by atoms with Crippen molar-refractivity contribution in [1.29, 1.82) is 0 Å². The molecule has 6 heterocycles. The van der Waals surface area contributed by atoms with Crippen molar-refractivity contribution in [2.24, 2.45) is 11.8 Å². The number of anilines is 13. The number of benzene rings is 12. The summed E-state index contributed by atoms with van der Waals surface area (Å²) in [6, 6.07) is 107. The standard InChI is InChI=1S/C85H69B2N5/c1-85(2,3)61-49-78-82-79(50-61)92(84-68(58-28-12-5-13-29-58)47-60(57-26-10-4-11-27-57)48-69(84)59-30-14-6-15-31-59)75-41-25-23-39-71(75)87(82)72-53-73-77(54-76(72)90(78)63-34-18-8-19-35-63)91(64-36-20-9-21-37-64)81-52-67(88-65-43-55-42-56(45-65)46-66(88)44-55)51-80-83(81)86(73)70-38-22-24-40-74(70)89(80)62-32-16-7-17-33-62/h4-41,47-56,65-66H,42-46H2,1-3H3. The smallest absolute Gasteiger partial charge is 0.252 e. The molecule has 0 spiro atoms. The molecule has 0 aromatic heterocycles. The maximum atomic E-state index is 2.92. The molecule has 440 valence electrons. The minimum Gasteiger partial charge on any atom is -0.365 e. The van der Waals surface area contributed by atoms with Gasteiger partial charge in [-0.2, -0.15) is 0 Å². The van der Waals surface area contributed by atoms with Crippen LogP contribution in [0.2, 0.25) is 0 Å². The van der Waals surface area contributed by atoms with Gasteiger partial charge in [-0.25, -0.2) is 0 Å². The van der Waals surface area contributed by atoms with Gasteiger partial charge in [-0.3, -0.25) is 0 Å². The van der Waals surface area contributed by atoms with Gasteiger partial charge in [-0.15, -0.1) is 0 Å². The summed E-state index contributed by atoms with van der Waals surface area (Å²) in [4.78, 5) is 13.5. The highest BCUT2D eigenvalue weighted by atomic mass is 15.2. The van der Waals surface area contributed by atoms with Gasteiger partial charge >= 0.3 is 0 Å². The van der Waals surface area contributed by atoms with Gasteiger partial charge < -0.3 is 24.5 Å². The number of piperidine rings is 2. The third kappa shape index (κ3) is 8.19. The third-order valence-corrected chi connectivity index (χ3v) is 21.7. The van der Waals surface area contributed by atoms with Gasteiger partial charge in [0.05, 0.1) is 5.69 Å². The minimum absolute atomic E-state index is 0.0754. The molecular weight excluding hydrogens is 1110 g/mol. The Balaban J connectivity index is 0.914. The molecular formula is C85H69B2N5. The summed E-state index contributed by atoms with van der Waals surface area (Å²) in [7, 11) is 0. The fourth-order valence-electron chi connectivity index (χ4n) is 18.1. The van der Waals surface area contributed by atoms with E-state index in [-0.39, 0.29) is 18.8 Å². The van der Waals surface area contributed by atoms with Gasteiger partial charge in [0, 0.05) is 91.5 Å². The average molecular weight is 1180 g/mol. The predicted molar refractivity (Wildman–Crippen MR) is 390 cm³/mol. The van der Waals surface area contributed by atoms with Gasteiger partial charge in [0.1, 0.15) is 0 Å². The SMILES string of the molecule is CC(C)(C)c1cc2c3c(c1)N(c1c(-c4ccccc4)cc(-c4ccccc4)cc1-c1ccccc1)c1ccccc1B3c1cc3c(cc1N2c1ccccc1)N(c1ccccc1)c1cc(N2C4CC5CC(C4)CC2C5)cc2c1B3c1ccccc1N2c1ccccc1. The molecule has 20 rings (SSSR count).